The van der Waals surface area contributed by atoms with Crippen LogP contribution in [0.3, 0.4) is 0 Å². The molecule has 19 heavy (non-hydrogen) atoms. The zero-order valence-electron chi connectivity index (χ0n) is 11.6. The lowest BCUT2D eigenvalue weighted by molar-refractivity contribution is -0.0388. The van der Waals surface area contributed by atoms with Crippen molar-refractivity contribution in [2.45, 2.75) is 25.0 Å². The Kier molecular flexibility index (Phi) is 4.79. The first-order valence-corrected chi connectivity index (χ1v) is 7.04. The minimum Gasteiger partial charge on any atom is -0.388 e. The van der Waals surface area contributed by atoms with Crippen LogP contribution in [0.2, 0.25) is 5.02 Å². The number of likely N-dealkylation sites (N-methyl/N-ethyl adjacent to an activating group) is 1. The number of rotatable bonds is 4. The third-order valence-electron chi connectivity index (χ3n) is 3.65. The highest BCUT2D eigenvalue weighted by Gasteiger charge is 2.32. The molecule has 4 nitrogen and oxygen atoms in total. The van der Waals surface area contributed by atoms with Crippen molar-refractivity contribution < 1.29 is 5.11 Å². The first-order chi connectivity index (χ1) is 8.98. The molecular formula is C14H22ClN3O. The Labute approximate surface area is 120 Å². The van der Waals surface area contributed by atoms with E-state index in [-0.39, 0.29) is 0 Å². The van der Waals surface area contributed by atoms with Crippen molar-refractivity contribution in [3.63, 3.8) is 0 Å². The molecule has 0 spiro atoms. The van der Waals surface area contributed by atoms with Gasteiger partial charge in [-0.3, -0.25) is 9.88 Å². The number of hydrogen-bond acceptors (Lipinski definition) is 4. The molecule has 1 aromatic rings. The van der Waals surface area contributed by atoms with Gasteiger partial charge in [0.25, 0.3) is 0 Å². The highest BCUT2D eigenvalue weighted by Crippen LogP contribution is 2.25. The Morgan fingerprint density at radius 2 is 2.11 bits per heavy atom. The standard InChI is InChI=1S/C14H22ClN3O/c1-17(2)11-14(19)4-7-18(8-5-14)10-12-3-6-16-9-13(12)15/h3,6,9,19H,4-5,7-8,10-11H2,1-2H3. The van der Waals surface area contributed by atoms with E-state index in [0.717, 1.165) is 49.6 Å². The highest BCUT2D eigenvalue weighted by molar-refractivity contribution is 6.31. The van der Waals surface area contributed by atoms with Crippen molar-refractivity contribution in [3.8, 4) is 0 Å². The number of hydrogen-bond donors (Lipinski definition) is 1. The van der Waals surface area contributed by atoms with Crippen LogP contribution >= 0.6 is 11.6 Å². The number of aliphatic hydroxyl groups is 1. The molecule has 0 aliphatic carbocycles. The molecule has 2 rings (SSSR count). The fraction of sp³-hybridized carbons (Fsp3) is 0.643. The summed E-state index contributed by atoms with van der Waals surface area (Å²) in [5.41, 5.74) is 0.567. The summed E-state index contributed by atoms with van der Waals surface area (Å²) in [5, 5.41) is 11.2. The first kappa shape index (κ1) is 14.7. The number of pyridine rings is 1. The summed E-state index contributed by atoms with van der Waals surface area (Å²) in [6, 6.07) is 1.96. The van der Waals surface area contributed by atoms with Gasteiger partial charge in [-0.15, -0.1) is 0 Å². The van der Waals surface area contributed by atoms with Crippen molar-refractivity contribution in [3.05, 3.63) is 29.0 Å². The van der Waals surface area contributed by atoms with Crippen molar-refractivity contribution in [1.82, 2.24) is 14.8 Å². The average molecular weight is 284 g/mol. The lowest BCUT2D eigenvalue weighted by Gasteiger charge is -2.39. The summed E-state index contributed by atoms with van der Waals surface area (Å²) < 4.78 is 0. The smallest absolute Gasteiger partial charge is 0.0798 e. The van der Waals surface area contributed by atoms with Crippen LogP contribution in [0.1, 0.15) is 18.4 Å². The van der Waals surface area contributed by atoms with Gasteiger partial charge >= 0.3 is 0 Å². The number of likely N-dealkylation sites (tertiary alicyclic amines) is 1. The number of aromatic nitrogens is 1. The topological polar surface area (TPSA) is 39.6 Å². The third-order valence-corrected chi connectivity index (χ3v) is 3.99. The van der Waals surface area contributed by atoms with Crippen LogP contribution in [0.25, 0.3) is 0 Å². The SMILES string of the molecule is CN(C)CC1(O)CCN(Cc2ccncc2Cl)CC1. The molecule has 0 aromatic carbocycles. The van der Waals surface area contributed by atoms with Gasteiger partial charge in [-0.1, -0.05) is 11.6 Å². The lowest BCUT2D eigenvalue weighted by atomic mass is 9.91. The second-order valence-corrected chi connectivity index (χ2v) is 6.11. The molecule has 1 aromatic heterocycles. The van der Waals surface area contributed by atoms with Crippen molar-refractivity contribution in [1.29, 1.82) is 0 Å². The van der Waals surface area contributed by atoms with Gasteiger partial charge in [0.1, 0.15) is 0 Å². The van der Waals surface area contributed by atoms with Gasteiger partial charge in [-0.2, -0.15) is 0 Å². The van der Waals surface area contributed by atoms with Gasteiger partial charge in [0, 0.05) is 38.6 Å². The Hall–Kier alpha value is -0.680. The quantitative estimate of drug-likeness (QED) is 0.912. The molecule has 1 aliphatic rings. The monoisotopic (exact) mass is 283 g/mol. The van der Waals surface area contributed by atoms with Crippen LogP contribution in [0.5, 0.6) is 0 Å². The molecule has 1 N–H and O–H groups in total. The minimum atomic E-state index is -0.540. The predicted molar refractivity (Wildman–Crippen MR) is 77.3 cm³/mol. The Morgan fingerprint density at radius 1 is 1.42 bits per heavy atom. The molecule has 0 unspecified atom stereocenters. The Morgan fingerprint density at radius 3 is 2.68 bits per heavy atom. The largest absolute Gasteiger partial charge is 0.388 e. The summed E-state index contributed by atoms with van der Waals surface area (Å²) >= 11 is 6.12. The molecular weight excluding hydrogens is 262 g/mol. The van der Waals surface area contributed by atoms with E-state index in [0.29, 0.717) is 0 Å². The van der Waals surface area contributed by atoms with Crippen LogP contribution < -0.4 is 0 Å². The van der Waals surface area contributed by atoms with E-state index in [1.165, 1.54) is 0 Å². The molecule has 0 radical (unpaired) electrons. The number of piperidine rings is 1. The highest BCUT2D eigenvalue weighted by atomic mass is 35.5. The summed E-state index contributed by atoms with van der Waals surface area (Å²) in [6.45, 7) is 3.38. The summed E-state index contributed by atoms with van der Waals surface area (Å²) in [7, 11) is 4.00. The summed E-state index contributed by atoms with van der Waals surface area (Å²) in [5.74, 6) is 0. The van der Waals surface area contributed by atoms with E-state index < -0.39 is 5.60 Å². The molecule has 0 bridgehead atoms. The van der Waals surface area contributed by atoms with Gasteiger partial charge in [-0.25, -0.2) is 0 Å². The van der Waals surface area contributed by atoms with E-state index in [1.807, 2.05) is 20.2 Å². The number of nitrogens with zero attached hydrogens (tertiary/aromatic N) is 3. The van der Waals surface area contributed by atoms with Crippen LogP contribution in [0.4, 0.5) is 0 Å². The molecule has 0 amide bonds. The second kappa shape index (κ2) is 6.18. The van der Waals surface area contributed by atoms with Crippen LogP contribution in [0, 0.1) is 0 Å². The van der Waals surface area contributed by atoms with Crippen molar-refractivity contribution in [2.24, 2.45) is 0 Å². The van der Waals surface area contributed by atoms with E-state index in [1.54, 1.807) is 12.4 Å². The molecule has 106 valence electrons. The average Bonchev–Trinajstić information content (AvgIpc) is 2.34. The van der Waals surface area contributed by atoms with Gasteiger partial charge in [0.05, 0.1) is 10.6 Å². The molecule has 1 fully saturated rings. The fourth-order valence-corrected chi connectivity index (χ4v) is 2.83. The Bertz CT molecular complexity index is 417. The maximum Gasteiger partial charge on any atom is 0.0798 e. The molecule has 1 saturated heterocycles. The molecule has 2 heterocycles. The van der Waals surface area contributed by atoms with Gasteiger partial charge < -0.3 is 10.0 Å². The summed E-state index contributed by atoms with van der Waals surface area (Å²) in [4.78, 5) is 8.39. The zero-order chi connectivity index (χ0) is 13.9. The van der Waals surface area contributed by atoms with Crippen LogP contribution in [-0.4, -0.2) is 59.2 Å². The maximum atomic E-state index is 10.5. The van der Waals surface area contributed by atoms with Gasteiger partial charge in [0.15, 0.2) is 0 Å². The normalized spacial score (nSPS) is 19.8. The van der Waals surface area contributed by atoms with Crippen LogP contribution in [0.15, 0.2) is 18.5 Å². The van der Waals surface area contributed by atoms with E-state index in [2.05, 4.69) is 14.8 Å². The van der Waals surface area contributed by atoms with Crippen molar-refractivity contribution >= 4 is 11.6 Å². The fourth-order valence-electron chi connectivity index (χ4n) is 2.65. The Balaban J connectivity index is 1.89. The third kappa shape index (κ3) is 4.14. The van der Waals surface area contributed by atoms with Gasteiger partial charge in [-0.05, 0) is 38.6 Å². The molecule has 0 saturated carbocycles. The van der Waals surface area contributed by atoms with E-state index in [4.69, 9.17) is 11.6 Å². The minimum absolute atomic E-state index is 0.540. The molecule has 0 atom stereocenters. The molecule has 1 aliphatic heterocycles. The maximum absolute atomic E-state index is 10.5. The van der Waals surface area contributed by atoms with Gasteiger partial charge in [0.2, 0.25) is 0 Å². The molecule has 5 heteroatoms. The lowest BCUT2D eigenvalue weighted by Crippen LogP contribution is -2.49. The summed E-state index contributed by atoms with van der Waals surface area (Å²) in [6.07, 6.45) is 5.08. The van der Waals surface area contributed by atoms with Crippen molar-refractivity contribution in [2.75, 3.05) is 33.7 Å². The second-order valence-electron chi connectivity index (χ2n) is 5.71. The first-order valence-electron chi connectivity index (χ1n) is 6.66. The zero-order valence-corrected chi connectivity index (χ0v) is 12.4. The van der Waals surface area contributed by atoms with E-state index in [9.17, 15) is 5.11 Å². The number of halogens is 1. The van der Waals surface area contributed by atoms with E-state index >= 15 is 0 Å². The predicted octanol–water partition coefficient (Wildman–Crippen LogP) is 1.62. The van der Waals surface area contributed by atoms with Crippen LogP contribution in [-0.2, 0) is 6.54 Å².